The number of nitrogens with one attached hydrogen (secondary N) is 3. The zero-order valence-electron chi connectivity index (χ0n) is 21.8. The van der Waals surface area contributed by atoms with E-state index in [0.717, 1.165) is 18.5 Å². The van der Waals surface area contributed by atoms with Crippen molar-refractivity contribution < 1.29 is 19.7 Å². The van der Waals surface area contributed by atoms with Crippen molar-refractivity contribution in [2.45, 2.75) is 69.6 Å². The summed E-state index contributed by atoms with van der Waals surface area (Å²) in [5, 5.41) is 30.4. The van der Waals surface area contributed by atoms with Crippen LogP contribution in [0.2, 0.25) is 0 Å². The van der Waals surface area contributed by atoms with Gasteiger partial charge in [-0.05, 0) is 41.9 Å². The van der Waals surface area contributed by atoms with E-state index in [4.69, 9.17) is 10.5 Å². The van der Waals surface area contributed by atoms with Gasteiger partial charge in [-0.1, -0.05) is 32.9 Å². The summed E-state index contributed by atoms with van der Waals surface area (Å²) in [4.78, 5) is 24.6. The molecule has 1 aromatic carbocycles. The molecule has 3 aromatic rings. The number of fused-ring (bicyclic) bond motifs is 1. The molecule has 1 aliphatic heterocycles. The molecule has 12 heteroatoms. The van der Waals surface area contributed by atoms with Crippen molar-refractivity contribution in [3.8, 4) is 0 Å². The molecule has 2 aliphatic rings. The molecule has 2 amide bonds. The van der Waals surface area contributed by atoms with Crippen LogP contribution in [0.1, 0.15) is 45.4 Å². The number of nitrogens with zero attached hydrogens (tertiary/aromatic N) is 4. The van der Waals surface area contributed by atoms with Gasteiger partial charge in [0.25, 0.3) is 0 Å². The highest BCUT2D eigenvalue weighted by molar-refractivity contribution is 5.89. The summed E-state index contributed by atoms with van der Waals surface area (Å²) in [6.45, 7) is 7.44. The van der Waals surface area contributed by atoms with Crippen LogP contribution < -0.4 is 21.7 Å². The molecule has 5 rings (SSSR count). The standard InChI is InChI=1S/C26H36N8O4/c1-26(2,3)15-4-6-16(7-5-15)33-25(37)29-10-14-8-17(9-14)28-11-18-20(35)21(36)24(38-18)34-13-32-19-22(27)30-12-31-23(19)34/h4-7,12-14,17-18,20-21,24,28,35-36H,8-11H2,1-3H3,(H2,27,30,31)(H2,29,33,37)/t14?,17?,18-,20-,21-,24-/m1/s1. The van der Waals surface area contributed by atoms with Gasteiger partial charge in [-0.3, -0.25) is 4.57 Å². The number of carbonyl (C=O) groups is 1. The van der Waals surface area contributed by atoms with Crippen molar-refractivity contribution in [1.82, 2.24) is 30.2 Å². The highest BCUT2D eigenvalue weighted by Gasteiger charge is 2.44. The molecule has 204 valence electrons. The molecule has 12 nitrogen and oxygen atoms in total. The fourth-order valence-corrected chi connectivity index (χ4v) is 5.00. The van der Waals surface area contributed by atoms with Gasteiger partial charge in [-0.2, -0.15) is 0 Å². The first-order chi connectivity index (χ1) is 18.1. The van der Waals surface area contributed by atoms with E-state index in [0.29, 0.717) is 30.2 Å². The molecule has 0 spiro atoms. The van der Waals surface area contributed by atoms with E-state index >= 15 is 0 Å². The molecule has 1 saturated heterocycles. The van der Waals surface area contributed by atoms with Gasteiger partial charge in [0, 0.05) is 24.8 Å². The van der Waals surface area contributed by atoms with Crippen LogP contribution in [0.3, 0.4) is 0 Å². The first-order valence-electron chi connectivity index (χ1n) is 12.9. The Bertz CT molecular complexity index is 1270. The average molecular weight is 525 g/mol. The van der Waals surface area contributed by atoms with Crippen LogP contribution in [0.5, 0.6) is 0 Å². The molecule has 3 heterocycles. The summed E-state index contributed by atoms with van der Waals surface area (Å²) < 4.78 is 7.55. The molecule has 38 heavy (non-hydrogen) atoms. The van der Waals surface area contributed by atoms with Crippen molar-refractivity contribution in [3.05, 3.63) is 42.5 Å². The number of hydrogen-bond donors (Lipinski definition) is 6. The van der Waals surface area contributed by atoms with Crippen molar-refractivity contribution in [2.75, 3.05) is 24.1 Å². The van der Waals surface area contributed by atoms with Crippen LogP contribution >= 0.6 is 0 Å². The zero-order chi connectivity index (χ0) is 27.0. The molecule has 0 radical (unpaired) electrons. The SMILES string of the molecule is CC(C)(C)c1ccc(NC(=O)NCC2CC(NC[C@H]3O[C@@H](n4cnc5c(N)ncnc54)[C@H](O)[C@@H]3O)C2)cc1. The Kier molecular flexibility index (Phi) is 7.23. The Balaban J connectivity index is 1.04. The second-order valence-corrected chi connectivity index (χ2v) is 11.2. The van der Waals surface area contributed by atoms with Crippen LogP contribution in [0.4, 0.5) is 16.3 Å². The molecule has 1 aliphatic carbocycles. The molecule has 0 unspecified atom stereocenters. The number of rotatable bonds is 7. The third-order valence-electron chi connectivity index (χ3n) is 7.40. The quantitative estimate of drug-likeness (QED) is 0.268. The summed E-state index contributed by atoms with van der Waals surface area (Å²) in [5.74, 6) is 0.609. The normalized spacial score (nSPS) is 27.3. The van der Waals surface area contributed by atoms with Crippen LogP contribution in [0, 0.1) is 5.92 Å². The number of benzene rings is 1. The number of anilines is 2. The second kappa shape index (κ2) is 10.4. The summed E-state index contributed by atoms with van der Waals surface area (Å²) in [7, 11) is 0. The van der Waals surface area contributed by atoms with E-state index in [2.05, 4.69) is 51.7 Å². The fraction of sp³-hybridized carbons (Fsp3) is 0.538. The van der Waals surface area contributed by atoms with Crippen molar-refractivity contribution in [2.24, 2.45) is 5.92 Å². The summed E-state index contributed by atoms with van der Waals surface area (Å²) in [6.07, 6.45) is 0.960. The molecule has 7 N–H and O–H groups in total. The van der Waals surface area contributed by atoms with E-state index in [1.807, 2.05) is 24.3 Å². The van der Waals surface area contributed by atoms with Gasteiger partial charge in [-0.25, -0.2) is 19.7 Å². The van der Waals surface area contributed by atoms with E-state index in [-0.39, 0.29) is 23.3 Å². The maximum atomic E-state index is 12.3. The number of hydrogen-bond acceptors (Lipinski definition) is 9. The Morgan fingerprint density at radius 1 is 1.11 bits per heavy atom. The average Bonchev–Trinajstić information content (AvgIpc) is 3.39. The predicted octanol–water partition coefficient (Wildman–Crippen LogP) is 1.52. The van der Waals surface area contributed by atoms with E-state index in [1.165, 1.54) is 18.2 Å². The van der Waals surface area contributed by atoms with Gasteiger partial charge >= 0.3 is 6.03 Å². The van der Waals surface area contributed by atoms with Gasteiger partial charge in [0.15, 0.2) is 17.7 Å². The van der Waals surface area contributed by atoms with Gasteiger partial charge in [0.1, 0.15) is 30.2 Å². The van der Waals surface area contributed by atoms with Gasteiger partial charge < -0.3 is 36.6 Å². The minimum atomic E-state index is -1.14. The largest absolute Gasteiger partial charge is 0.387 e. The third kappa shape index (κ3) is 5.44. The number of aliphatic hydroxyl groups excluding tert-OH is 2. The third-order valence-corrected chi connectivity index (χ3v) is 7.40. The lowest BCUT2D eigenvalue weighted by atomic mass is 9.80. The Morgan fingerprint density at radius 2 is 1.84 bits per heavy atom. The van der Waals surface area contributed by atoms with Crippen molar-refractivity contribution >= 4 is 28.7 Å². The number of aromatic nitrogens is 4. The lowest BCUT2D eigenvalue weighted by molar-refractivity contribution is -0.0357. The first-order valence-corrected chi connectivity index (χ1v) is 12.9. The van der Waals surface area contributed by atoms with E-state index in [9.17, 15) is 15.0 Å². The predicted molar refractivity (Wildman–Crippen MR) is 142 cm³/mol. The smallest absolute Gasteiger partial charge is 0.319 e. The molecular weight excluding hydrogens is 488 g/mol. The van der Waals surface area contributed by atoms with Gasteiger partial charge in [-0.15, -0.1) is 0 Å². The molecule has 2 aromatic heterocycles. The van der Waals surface area contributed by atoms with E-state index in [1.54, 1.807) is 4.57 Å². The molecule has 0 bridgehead atoms. The lowest BCUT2D eigenvalue weighted by Gasteiger charge is -2.36. The monoisotopic (exact) mass is 524 g/mol. The number of nitrogens with two attached hydrogens (primary N) is 1. The van der Waals surface area contributed by atoms with Crippen LogP contribution in [0.15, 0.2) is 36.9 Å². The van der Waals surface area contributed by atoms with Crippen molar-refractivity contribution in [1.29, 1.82) is 0 Å². The number of ether oxygens (including phenoxy) is 1. The van der Waals surface area contributed by atoms with E-state index < -0.39 is 24.5 Å². The maximum absolute atomic E-state index is 12.3. The Hall–Kier alpha value is -3.32. The maximum Gasteiger partial charge on any atom is 0.319 e. The molecule has 4 atom stereocenters. The molecule has 1 saturated carbocycles. The number of carbonyl (C=O) groups excluding carboxylic acids is 1. The fourth-order valence-electron chi connectivity index (χ4n) is 5.00. The molecule has 2 fully saturated rings. The van der Waals surface area contributed by atoms with Crippen LogP contribution in [0.25, 0.3) is 11.2 Å². The number of amides is 2. The van der Waals surface area contributed by atoms with Crippen LogP contribution in [-0.2, 0) is 10.2 Å². The zero-order valence-corrected chi connectivity index (χ0v) is 21.8. The highest BCUT2D eigenvalue weighted by Crippen LogP contribution is 2.33. The summed E-state index contributed by atoms with van der Waals surface area (Å²) >= 11 is 0. The minimum Gasteiger partial charge on any atom is -0.387 e. The highest BCUT2D eigenvalue weighted by atomic mass is 16.6. The van der Waals surface area contributed by atoms with Crippen molar-refractivity contribution in [3.63, 3.8) is 0 Å². The Morgan fingerprint density at radius 3 is 2.55 bits per heavy atom. The Labute approximate surface area is 221 Å². The second-order valence-electron chi connectivity index (χ2n) is 11.2. The minimum absolute atomic E-state index is 0.0679. The van der Waals surface area contributed by atoms with Gasteiger partial charge in [0.2, 0.25) is 0 Å². The van der Waals surface area contributed by atoms with Crippen LogP contribution in [-0.4, -0.2) is 73.2 Å². The van der Waals surface area contributed by atoms with Gasteiger partial charge in [0.05, 0.1) is 6.33 Å². The number of nitrogen functional groups attached to an aromatic ring is 1. The number of imidazole rings is 1. The summed E-state index contributed by atoms with van der Waals surface area (Å²) in [5.41, 5.74) is 8.74. The lowest BCUT2D eigenvalue weighted by Crippen LogP contribution is -2.49. The number of aliphatic hydroxyl groups is 2. The number of urea groups is 1. The molecular formula is C26H36N8O4. The first kappa shape index (κ1) is 26.3. The summed E-state index contributed by atoms with van der Waals surface area (Å²) in [6, 6.07) is 7.94. The topological polar surface area (TPSA) is 172 Å².